The molecule has 3 N–H and O–H groups in total. The average Bonchev–Trinajstić information content (AvgIpc) is 3.43. The van der Waals surface area contributed by atoms with E-state index < -0.39 is 25.8 Å². The van der Waals surface area contributed by atoms with Gasteiger partial charge in [-0.2, -0.15) is 0 Å². The van der Waals surface area contributed by atoms with Crippen LogP contribution in [0, 0.1) is 0 Å². The van der Waals surface area contributed by atoms with Crippen LogP contribution in [0.15, 0.2) is 55.0 Å². The zero-order chi connectivity index (χ0) is 36.2. The number of nitrogens with zero attached hydrogens (tertiary/aromatic N) is 6. The van der Waals surface area contributed by atoms with Gasteiger partial charge < -0.3 is 39.2 Å². The summed E-state index contributed by atoms with van der Waals surface area (Å²) in [6.07, 6.45) is 2.85. The number of pyridine rings is 1. The lowest BCUT2D eigenvalue weighted by molar-refractivity contribution is 0.0496. The number of hydrogen-bond acceptors (Lipinski definition) is 10. The minimum absolute atomic E-state index is 0.0146. The van der Waals surface area contributed by atoms with E-state index in [1.807, 2.05) is 57.2 Å². The summed E-state index contributed by atoms with van der Waals surface area (Å²) in [5.74, 6) is 1.31. The second kappa shape index (κ2) is 15.2. The van der Waals surface area contributed by atoms with E-state index >= 15 is 0 Å². The Bertz CT molecular complexity index is 1830. The summed E-state index contributed by atoms with van der Waals surface area (Å²) in [5.41, 5.74) is 3.72. The van der Waals surface area contributed by atoms with Crippen molar-refractivity contribution in [3.63, 3.8) is 0 Å². The number of alkyl carbamates (subject to hydrolysis) is 1. The zero-order valence-corrected chi connectivity index (χ0v) is 31.4. The topological polar surface area (TPSA) is 148 Å². The second-order valence-corrected chi connectivity index (χ2v) is 20.8. The zero-order valence-electron chi connectivity index (χ0n) is 30.4. The van der Waals surface area contributed by atoms with E-state index in [1.165, 1.54) is 0 Å². The van der Waals surface area contributed by atoms with E-state index in [0.717, 1.165) is 52.9 Å². The Morgan fingerprint density at radius 1 is 0.961 bits per heavy atom. The fraction of sp³-hybridized carbons (Fsp3) is 0.472. The highest BCUT2D eigenvalue weighted by Crippen LogP contribution is 2.33. The van der Waals surface area contributed by atoms with Crippen LogP contribution in [0.3, 0.4) is 0 Å². The molecule has 2 fully saturated rings. The first-order valence-electron chi connectivity index (χ1n) is 17.4. The molecular weight excluding hydrogens is 667 g/mol. The number of anilines is 4. The largest absolute Gasteiger partial charge is 0.444 e. The van der Waals surface area contributed by atoms with E-state index in [4.69, 9.17) is 14.2 Å². The molecule has 2 saturated heterocycles. The third-order valence-electron chi connectivity index (χ3n) is 8.59. The lowest BCUT2D eigenvalue weighted by Gasteiger charge is -2.41. The van der Waals surface area contributed by atoms with Gasteiger partial charge in [-0.1, -0.05) is 31.8 Å². The van der Waals surface area contributed by atoms with Crippen LogP contribution in [0.4, 0.5) is 32.6 Å². The number of aromatic nitrogens is 4. The number of morpholine rings is 1. The van der Waals surface area contributed by atoms with Crippen molar-refractivity contribution in [2.24, 2.45) is 0 Å². The third-order valence-corrected chi connectivity index (χ3v) is 10.3. The molecule has 15 heteroatoms. The monoisotopic (exact) mass is 715 g/mol. The highest BCUT2D eigenvalue weighted by Gasteiger charge is 2.30. The molecule has 0 atom stereocenters. The molecule has 51 heavy (non-hydrogen) atoms. The second-order valence-electron chi connectivity index (χ2n) is 15.1. The van der Waals surface area contributed by atoms with Crippen LogP contribution < -0.4 is 25.8 Å². The molecule has 5 heterocycles. The van der Waals surface area contributed by atoms with E-state index in [0.29, 0.717) is 51.1 Å². The van der Waals surface area contributed by atoms with Crippen molar-refractivity contribution >= 4 is 54.2 Å². The summed E-state index contributed by atoms with van der Waals surface area (Å²) in [4.78, 5) is 43.1. The molecule has 2 aliphatic heterocycles. The number of rotatable bonds is 11. The van der Waals surface area contributed by atoms with Crippen LogP contribution in [-0.2, 0) is 20.9 Å². The van der Waals surface area contributed by atoms with E-state index in [-0.39, 0.29) is 6.04 Å². The summed E-state index contributed by atoms with van der Waals surface area (Å²) in [6, 6.07) is 14.2. The molecule has 0 unspecified atom stereocenters. The van der Waals surface area contributed by atoms with Crippen molar-refractivity contribution < 1.29 is 23.8 Å². The third kappa shape index (κ3) is 9.54. The predicted molar refractivity (Wildman–Crippen MR) is 202 cm³/mol. The van der Waals surface area contributed by atoms with Crippen LogP contribution >= 0.6 is 0 Å². The minimum atomic E-state index is -1.25. The Morgan fingerprint density at radius 3 is 2.41 bits per heavy atom. The van der Waals surface area contributed by atoms with Crippen LogP contribution in [0.25, 0.3) is 22.3 Å². The van der Waals surface area contributed by atoms with Crippen molar-refractivity contribution in [3.8, 4) is 11.3 Å². The number of amides is 3. The Balaban J connectivity index is 1.11. The molecule has 6 rings (SSSR count). The van der Waals surface area contributed by atoms with Crippen LogP contribution in [0.5, 0.6) is 0 Å². The maximum absolute atomic E-state index is 13.0. The van der Waals surface area contributed by atoms with Crippen molar-refractivity contribution in [2.45, 2.75) is 64.8 Å². The van der Waals surface area contributed by atoms with Gasteiger partial charge in [0.15, 0.2) is 0 Å². The molecule has 14 nitrogen and oxygen atoms in total. The van der Waals surface area contributed by atoms with Gasteiger partial charge in [-0.25, -0.2) is 24.5 Å². The van der Waals surface area contributed by atoms with E-state index in [1.54, 1.807) is 12.5 Å². The van der Waals surface area contributed by atoms with Gasteiger partial charge in [0.1, 0.15) is 35.9 Å². The fourth-order valence-corrected chi connectivity index (χ4v) is 6.68. The van der Waals surface area contributed by atoms with Gasteiger partial charge in [-0.3, -0.25) is 5.32 Å². The molecule has 0 bridgehead atoms. The van der Waals surface area contributed by atoms with Gasteiger partial charge in [0.2, 0.25) is 0 Å². The Hall–Kier alpha value is -4.73. The van der Waals surface area contributed by atoms with Crippen molar-refractivity contribution in [1.82, 2.24) is 24.8 Å². The minimum Gasteiger partial charge on any atom is -0.444 e. The fourth-order valence-electron chi connectivity index (χ4n) is 5.92. The number of carbonyl (C=O) groups excluding carboxylic acids is 2. The summed E-state index contributed by atoms with van der Waals surface area (Å²) in [7, 11) is -1.25. The van der Waals surface area contributed by atoms with Crippen LogP contribution in [0.1, 0.15) is 20.8 Å². The maximum atomic E-state index is 13.0. The number of benzene rings is 1. The summed E-state index contributed by atoms with van der Waals surface area (Å²) >= 11 is 0. The molecule has 2 aliphatic rings. The molecule has 0 aliphatic carbocycles. The Kier molecular flexibility index (Phi) is 10.8. The summed E-state index contributed by atoms with van der Waals surface area (Å²) in [5, 5.41) is 9.59. The van der Waals surface area contributed by atoms with Crippen LogP contribution in [0.2, 0.25) is 25.7 Å². The summed E-state index contributed by atoms with van der Waals surface area (Å²) < 4.78 is 19.3. The van der Waals surface area contributed by atoms with Gasteiger partial charge in [-0.15, -0.1) is 0 Å². The molecule has 1 aromatic carbocycles. The lowest BCUT2D eigenvalue weighted by Crippen LogP contribution is -2.60. The standard InChI is InChI=1S/C36H49N9O5Si/c1-36(2,3)50-35(47)41-27-21-44(22-27)28-11-12-37-31(19-28)42-34(46)40-26-9-7-25(8-10-26)30-20-29-32(43-13-15-48-16-14-43)38-23-39-33(29)45(30)24-49-17-18-51(4,5)6/h7-12,19-20,23,27H,13-18,21-22,24H2,1-6H3,(H,41,47)(H2,37,40,42,46). The number of carbonyl (C=O) groups is 2. The van der Waals surface area contributed by atoms with Crippen LogP contribution in [-0.4, -0.2) is 97.4 Å². The normalized spacial score (nSPS) is 15.4. The first-order valence-corrected chi connectivity index (χ1v) is 21.2. The molecule has 272 valence electrons. The van der Waals surface area contributed by atoms with Gasteiger partial charge in [-0.05, 0) is 56.6 Å². The number of hydrogen-bond donors (Lipinski definition) is 3. The van der Waals surface area contributed by atoms with Gasteiger partial charge in [0.25, 0.3) is 0 Å². The SMILES string of the molecule is CC(C)(C)OC(=O)NC1CN(c2ccnc(NC(=O)Nc3ccc(-c4cc5c(N6CCOCC6)ncnc5n4COCC[Si](C)(C)C)cc3)c2)C1. The first-order chi connectivity index (χ1) is 24.3. The molecule has 3 aromatic heterocycles. The molecular formula is C36H49N9O5Si. The van der Waals surface area contributed by atoms with E-state index in [2.05, 4.69) is 71.0 Å². The molecule has 0 saturated carbocycles. The molecule has 4 aromatic rings. The smallest absolute Gasteiger partial charge is 0.407 e. The van der Waals surface area contributed by atoms with Gasteiger partial charge in [0, 0.05) is 64.5 Å². The Morgan fingerprint density at radius 2 is 1.71 bits per heavy atom. The van der Waals surface area contributed by atoms with Gasteiger partial charge >= 0.3 is 12.1 Å². The van der Waals surface area contributed by atoms with Gasteiger partial charge in [0.05, 0.1) is 30.3 Å². The Labute approximate surface area is 299 Å². The van der Waals surface area contributed by atoms with Crippen molar-refractivity contribution in [3.05, 3.63) is 55.0 Å². The summed E-state index contributed by atoms with van der Waals surface area (Å²) in [6.45, 7) is 17.7. The van der Waals surface area contributed by atoms with Crippen molar-refractivity contribution in [1.29, 1.82) is 0 Å². The predicted octanol–water partition coefficient (Wildman–Crippen LogP) is 6.00. The number of fused-ring (bicyclic) bond motifs is 1. The average molecular weight is 716 g/mol. The number of nitrogens with one attached hydrogen (secondary N) is 3. The number of urea groups is 1. The van der Waals surface area contributed by atoms with Crippen molar-refractivity contribution in [2.75, 3.05) is 66.4 Å². The first kappa shape index (κ1) is 36.1. The quantitative estimate of drug-likeness (QED) is 0.125. The number of ether oxygens (including phenoxy) is 3. The molecule has 0 radical (unpaired) electrons. The lowest BCUT2D eigenvalue weighted by atomic mass is 10.1. The van der Waals surface area contributed by atoms with E-state index in [9.17, 15) is 9.59 Å². The molecule has 3 amide bonds. The highest BCUT2D eigenvalue weighted by molar-refractivity contribution is 6.76. The maximum Gasteiger partial charge on any atom is 0.407 e. The molecule has 0 spiro atoms. The highest BCUT2D eigenvalue weighted by atomic mass is 28.3.